The number of para-hydroxylation sites is 1. The van der Waals surface area contributed by atoms with Gasteiger partial charge >= 0.3 is 0 Å². The number of methoxy groups -OCH3 is 1. The Balaban J connectivity index is 2.27. The first kappa shape index (κ1) is 17.8. The van der Waals surface area contributed by atoms with E-state index in [9.17, 15) is 0 Å². The first-order chi connectivity index (χ1) is 12.2. The molecule has 0 aliphatic carbocycles. The van der Waals surface area contributed by atoms with Crippen LogP contribution in [0.25, 0.3) is 6.08 Å². The zero-order chi connectivity index (χ0) is 18.1. The fourth-order valence-electron chi connectivity index (χ4n) is 2.38. The zero-order valence-corrected chi connectivity index (χ0v) is 14.0. The third kappa shape index (κ3) is 4.73. The van der Waals surface area contributed by atoms with Gasteiger partial charge in [0.1, 0.15) is 35.8 Å². The van der Waals surface area contributed by atoms with E-state index in [4.69, 9.17) is 20.0 Å². The minimum atomic E-state index is 0.0494. The van der Waals surface area contributed by atoms with Crippen molar-refractivity contribution in [1.82, 2.24) is 0 Å². The fraction of sp³-hybridized carbons (Fsp3) is 0.143. The molecule has 0 heterocycles. The van der Waals surface area contributed by atoms with Crippen molar-refractivity contribution in [1.29, 1.82) is 10.5 Å². The lowest BCUT2D eigenvalue weighted by molar-refractivity contribution is 0.294. The van der Waals surface area contributed by atoms with Crippen LogP contribution in [0, 0.1) is 22.7 Å². The standard InChI is InChI=1S/C21H18N2O2/c1-3-6-18-7-4-5-8-21(18)25-15-19-12-16(9-10-20(19)24-2)11-17(13-22)14-23/h3-5,7-12H,1,6,15H2,2H3. The van der Waals surface area contributed by atoms with Crippen molar-refractivity contribution in [2.24, 2.45) is 0 Å². The Morgan fingerprint density at radius 1 is 1.08 bits per heavy atom. The van der Waals surface area contributed by atoms with Crippen LogP contribution in [-0.2, 0) is 13.0 Å². The second-order valence-corrected chi connectivity index (χ2v) is 5.24. The molecule has 0 unspecified atom stereocenters. The minimum Gasteiger partial charge on any atom is -0.496 e. The lowest BCUT2D eigenvalue weighted by Crippen LogP contribution is -2.01. The Hall–Kier alpha value is -3.50. The van der Waals surface area contributed by atoms with E-state index in [2.05, 4.69) is 6.58 Å². The molecule has 0 bridgehead atoms. The predicted molar refractivity (Wildman–Crippen MR) is 96.9 cm³/mol. The molecule has 0 atom stereocenters. The van der Waals surface area contributed by atoms with Gasteiger partial charge in [-0.05, 0) is 41.8 Å². The molecule has 0 aliphatic heterocycles. The number of nitriles is 2. The number of rotatable bonds is 7. The number of ether oxygens (including phenoxy) is 2. The van der Waals surface area contributed by atoms with Crippen LogP contribution in [0.4, 0.5) is 0 Å². The van der Waals surface area contributed by atoms with Gasteiger partial charge in [-0.25, -0.2) is 0 Å². The first-order valence-electron chi connectivity index (χ1n) is 7.72. The number of benzene rings is 2. The van der Waals surface area contributed by atoms with Crippen LogP contribution in [-0.4, -0.2) is 7.11 Å². The Labute approximate surface area is 147 Å². The average molecular weight is 330 g/mol. The molecular formula is C21H18N2O2. The maximum absolute atomic E-state index is 8.89. The topological polar surface area (TPSA) is 66.0 Å². The average Bonchev–Trinajstić information content (AvgIpc) is 2.65. The van der Waals surface area contributed by atoms with Crippen molar-refractivity contribution in [3.63, 3.8) is 0 Å². The van der Waals surface area contributed by atoms with Gasteiger partial charge < -0.3 is 9.47 Å². The van der Waals surface area contributed by atoms with Crippen LogP contribution in [0.2, 0.25) is 0 Å². The number of nitrogens with zero attached hydrogens (tertiary/aromatic N) is 2. The molecule has 0 aromatic heterocycles. The molecule has 0 radical (unpaired) electrons. The molecule has 0 fully saturated rings. The van der Waals surface area contributed by atoms with Crippen molar-refractivity contribution in [3.05, 3.63) is 77.4 Å². The molecule has 2 aromatic rings. The SMILES string of the molecule is C=CCc1ccccc1OCc1cc(C=C(C#N)C#N)ccc1OC. The third-order valence-corrected chi connectivity index (χ3v) is 3.58. The van der Waals surface area contributed by atoms with Crippen molar-refractivity contribution in [2.45, 2.75) is 13.0 Å². The van der Waals surface area contributed by atoms with E-state index >= 15 is 0 Å². The summed E-state index contributed by atoms with van der Waals surface area (Å²) in [7, 11) is 1.59. The van der Waals surface area contributed by atoms with Crippen molar-refractivity contribution in [2.75, 3.05) is 7.11 Å². The zero-order valence-electron chi connectivity index (χ0n) is 14.0. The highest BCUT2D eigenvalue weighted by Crippen LogP contribution is 2.25. The third-order valence-electron chi connectivity index (χ3n) is 3.58. The molecule has 2 aromatic carbocycles. The molecule has 4 nitrogen and oxygen atoms in total. The summed E-state index contributed by atoms with van der Waals surface area (Å²) in [6.45, 7) is 4.08. The van der Waals surface area contributed by atoms with E-state index < -0.39 is 0 Å². The first-order valence-corrected chi connectivity index (χ1v) is 7.72. The summed E-state index contributed by atoms with van der Waals surface area (Å²) < 4.78 is 11.3. The van der Waals surface area contributed by atoms with Crippen LogP contribution in [0.15, 0.2) is 60.7 Å². The fourth-order valence-corrected chi connectivity index (χ4v) is 2.38. The Kier molecular flexibility index (Phi) is 6.39. The van der Waals surface area contributed by atoms with Gasteiger partial charge in [0.15, 0.2) is 0 Å². The molecule has 124 valence electrons. The second-order valence-electron chi connectivity index (χ2n) is 5.24. The normalized spacial score (nSPS) is 9.40. The molecular weight excluding hydrogens is 312 g/mol. The van der Waals surface area contributed by atoms with Crippen LogP contribution < -0.4 is 9.47 Å². The lowest BCUT2D eigenvalue weighted by Gasteiger charge is -2.13. The van der Waals surface area contributed by atoms with E-state index in [1.54, 1.807) is 19.2 Å². The summed E-state index contributed by atoms with van der Waals surface area (Å²) in [5.41, 5.74) is 2.69. The summed E-state index contributed by atoms with van der Waals surface area (Å²) in [5.74, 6) is 1.48. The van der Waals surface area contributed by atoms with Crippen molar-refractivity contribution < 1.29 is 9.47 Å². The van der Waals surface area contributed by atoms with Gasteiger partial charge in [0, 0.05) is 5.56 Å². The van der Waals surface area contributed by atoms with E-state index in [0.717, 1.165) is 28.9 Å². The van der Waals surface area contributed by atoms with Crippen LogP contribution >= 0.6 is 0 Å². The molecule has 0 N–H and O–H groups in total. The van der Waals surface area contributed by atoms with E-state index in [-0.39, 0.29) is 5.57 Å². The highest BCUT2D eigenvalue weighted by Gasteiger charge is 2.08. The second kappa shape index (κ2) is 8.96. The molecule has 0 spiro atoms. The molecule has 2 rings (SSSR count). The highest BCUT2D eigenvalue weighted by molar-refractivity contribution is 5.63. The van der Waals surface area contributed by atoms with Crippen molar-refractivity contribution >= 4 is 6.08 Å². The molecule has 0 aliphatic rings. The molecule has 0 amide bonds. The quantitative estimate of drug-likeness (QED) is 0.556. The smallest absolute Gasteiger partial charge is 0.130 e. The molecule has 25 heavy (non-hydrogen) atoms. The largest absolute Gasteiger partial charge is 0.496 e. The number of hydrogen-bond acceptors (Lipinski definition) is 4. The number of hydrogen-bond donors (Lipinski definition) is 0. The number of allylic oxidation sites excluding steroid dienone is 2. The van der Waals surface area contributed by atoms with Crippen LogP contribution in [0.5, 0.6) is 11.5 Å². The molecule has 0 saturated heterocycles. The summed E-state index contributed by atoms with van der Waals surface area (Å²) in [4.78, 5) is 0. The predicted octanol–water partition coefficient (Wildman–Crippen LogP) is 4.43. The maximum Gasteiger partial charge on any atom is 0.130 e. The van der Waals surface area contributed by atoms with E-state index in [1.807, 2.05) is 48.5 Å². The maximum atomic E-state index is 8.89. The van der Waals surface area contributed by atoms with Gasteiger partial charge in [0.25, 0.3) is 0 Å². The van der Waals surface area contributed by atoms with Crippen molar-refractivity contribution in [3.8, 4) is 23.6 Å². The van der Waals surface area contributed by atoms with Gasteiger partial charge in [-0.3, -0.25) is 0 Å². The van der Waals surface area contributed by atoms with Gasteiger partial charge in [0.05, 0.1) is 7.11 Å². The monoisotopic (exact) mass is 330 g/mol. The molecule has 0 saturated carbocycles. The highest BCUT2D eigenvalue weighted by atomic mass is 16.5. The Morgan fingerprint density at radius 2 is 1.84 bits per heavy atom. The van der Waals surface area contributed by atoms with Gasteiger partial charge in [-0.2, -0.15) is 10.5 Å². The lowest BCUT2D eigenvalue weighted by atomic mass is 10.1. The summed E-state index contributed by atoms with van der Waals surface area (Å²) in [6.07, 6.45) is 4.10. The summed E-state index contributed by atoms with van der Waals surface area (Å²) >= 11 is 0. The van der Waals surface area contributed by atoms with Gasteiger partial charge in [-0.15, -0.1) is 6.58 Å². The Morgan fingerprint density at radius 3 is 2.52 bits per heavy atom. The van der Waals surface area contributed by atoms with E-state index in [0.29, 0.717) is 12.4 Å². The minimum absolute atomic E-state index is 0.0494. The summed E-state index contributed by atoms with van der Waals surface area (Å²) in [6, 6.07) is 17.0. The van der Waals surface area contributed by atoms with Gasteiger partial charge in [0.2, 0.25) is 0 Å². The molecule has 4 heteroatoms. The Bertz CT molecular complexity index is 854. The van der Waals surface area contributed by atoms with Gasteiger partial charge in [-0.1, -0.05) is 30.3 Å². The van der Waals surface area contributed by atoms with Crippen LogP contribution in [0.3, 0.4) is 0 Å². The van der Waals surface area contributed by atoms with E-state index in [1.165, 1.54) is 6.08 Å². The summed E-state index contributed by atoms with van der Waals surface area (Å²) in [5, 5.41) is 17.8. The van der Waals surface area contributed by atoms with Crippen LogP contribution in [0.1, 0.15) is 16.7 Å².